The summed E-state index contributed by atoms with van der Waals surface area (Å²) < 4.78 is 1.92. The van der Waals surface area contributed by atoms with Gasteiger partial charge in [0.05, 0.1) is 6.20 Å². The third-order valence-corrected chi connectivity index (χ3v) is 1.58. The van der Waals surface area contributed by atoms with E-state index in [1.54, 1.807) is 18.7 Å². The van der Waals surface area contributed by atoms with Crippen molar-refractivity contribution in [2.75, 3.05) is 12.4 Å². The highest BCUT2D eigenvalue weighted by Gasteiger charge is 1.98. The normalized spacial score (nSPS) is 10.3. The van der Waals surface area contributed by atoms with Crippen LogP contribution in [-0.2, 0) is 0 Å². The van der Waals surface area contributed by atoms with Gasteiger partial charge < -0.3 is 9.72 Å². The summed E-state index contributed by atoms with van der Waals surface area (Å²) in [4.78, 5) is 8.12. The van der Waals surface area contributed by atoms with Gasteiger partial charge in [-0.1, -0.05) is 0 Å². The van der Waals surface area contributed by atoms with Gasteiger partial charge in [-0.2, -0.15) is 0 Å². The maximum atomic E-state index is 4.13. The van der Waals surface area contributed by atoms with Gasteiger partial charge in [-0.05, 0) is 0 Å². The lowest BCUT2D eigenvalue weighted by molar-refractivity contribution is 1.11. The van der Waals surface area contributed by atoms with Gasteiger partial charge in [0.15, 0.2) is 5.82 Å². The molecule has 0 bridgehead atoms. The van der Waals surface area contributed by atoms with Crippen LogP contribution < -0.4 is 5.32 Å². The molecule has 0 amide bonds. The molecule has 0 spiro atoms. The minimum atomic E-state index is 0.859. The van der Waals surface area contributed by atoms with Crippen molar-refractivity contribution in [3.8, 4) is 0 Å². The molecule has 1 N–H and O–H groups in total. The first-order valence-corrected chi connectivity index (χ1v) is 3.36. The molecule has 4 nitrogen and oxygen atoms in total. The second-order valence-corrected chi connectivity index (χ2v) is 2.21. The number of aromatic nitrogens is 3. The highest BCUT2D eigenvalue weighted by Crippen LogP contribution is 2.11. The first-order valence-electron chi connectivity index (χ1n) is 3.36. The van der Waals surface area contributed by atoms with E-state index >= 15 is 0 Å². The van der Waals surface area contributed by atoms with Crippen molar-refractivity contribution >= 4 is 11.3 Å². The van der Waals surface area contributed by atoms with E-state index in [2.05, 4.69) is 15.3 Å². The van der Waals surface area contributed by atoms with Crippen molar-refractivity contribution < 1.29 is 0 Å². The Morgan fingerprint density at radius 3 is 3.27 bits per heavy atom. The quantitative estimate of drug-likeness (QED) is 0.649. The third-order valence-electron chi connectivity index (χ3n) is 1.58. The molecule has 2 rings (SSSR count). The second kappa shape index (κ2) is 2.23. The zero-order valence-corrected chi connectivity index (χ0v) is 6.15. The number of rotatable bonds is 1. The van der Waals surface area contributed by atoms with E-state index < -0.39 is 0 Å². The van der Waals surface area contributed by atoms with Gasteiger partial charge in [-0.15, -0.1) is 0 Å². The molecule has 0 aromatic carbocycles. The lowest BCUT2D eigenvalue weighted by Gasteiger charge is -1.93. The Kier molecular flexibility index (Phi) is 1.25. The summed E-state index contributed by atoms with van der Waals surface area (Å²) in [6.07, 6.45) is 7.12. The van der Waals surface area contributed by atoms with Crippen LogP contribution in [-0.4, -0.2) is 21.4 Å². The van der Waals surface area contributed by atoms with Crippen LogP contribution in [0.3, 0.4) is 0 Å². The van der Waals surface area contributed by atoms with E-state index in [1.807, 2.05) is 17.6 Å². The van der Waals surface area contributed by atoms with E-state index in [0.29, 0.717) is 0 Å². The number of imidazole rings is 1. The first kappa shape index (κ1) is 6.15. The summed E-state index contributed by atoms with van der Waals surface area (Å²) >= 11 is 0. The first-order chi connectivity index (χ1) is 5.42. The van der Waals surface area contributed by atoms with E-state index in [0.717, 1.165) is 11.3 Å². The van der Waals surface area contributed by atoms with Crippen LogP contribution in [0.5, 0.6) is 0 Å². The highest BCUT2D eigenvalue weighted by molar-refractivity contribution is 5.66. The summed E-state index contributed by atoms with van der Waals surface area (Å²) in [7, 11) is 1.84. The Balaban J connectivity index is 2.76. The average molecular weight is 148 g/mol. The number of hydrogen-bond donors (Lipinski definition) is 1. The van der Waals surface area contributed by atoms with Gasteiger partial charge in [0.2, 0.25) is 0 Å². The van der Waals surface area contributed by atoms with Crippen molar-refractivity contribution in [3.63, 3.8) is 0 Å². The molecular weight excluding hydrogens is 140 g/mol. The minimum absolute atomic E-state index is 0.859. The molecule has 11 heavy (non-hydrogen) atoms. The van der Waals surface area contributed by atoms with Gasteiger partial charge in [0.1, 0.15) is 11.8 Å². The second-order valence-electron chi connectivity index (χ2n) is 2.21. The van der Waals surface area contributed by atoms with Gasteiger partial charge in [0.25, 0.3) is 0 Å². The van der Waals surface area contributed by atoms with Crippen molar-refractivity contribution in [2.45, 2.75) is 0 Å². The van der Waals surface area contributed by atoms with Crippen LogP contribution in [0.1, 0.15) is 0 Å². The Hall–Kier alpha value is -1.58. The Bertz CT molecular complexity index is 365. The molecule has 2 aromatic heterocycles. The lowest BCUT2D eigenvalue weighted by atomic mass is 10.5. The standard InChI is InChI=1S/C7H8N4/c1-8-7-6-4-9-2-3-11(6)5-10-7/h2-5,8H,1H3. The molecule has 2 heterocycles. The molecule has 4 heteroatoms. The van der Waals surface area contributed by atoms with Crippen LogP contribution in [0.4, 0.5) is 5.82 Å². The summed E-state index contributed by atoms with van der Waals surface area (Å²) in [6.45, 7) is 0. The molecule has 2 aromatic rings. The molecule has 0 atom stereocenters. The number of nitrogens with zero attached hydrogens (tertiary/aromatic N) is 3. The largest absolute Gasteiger partial charge is 0.371 e. The number of anilines is 1. The summed E-state index contributed by atoms with van der Waals surface area (Å²) in [5.41, 5.74) is 0.995. The highest BCUT2D eigenvalue weighted by atomic mass is 15.1. The van der Waals surface area contributed by atoms with E-state index in [9.17, 15) is 0 Å². The van der Waals surface area contributed by atoms with Crippen LogP contribution in [0.2, 0.25) is 0 Å². The van der Waals surface area contributed by atoms with Gasteiger partial charge >= 0.3 is 0 Å². The molecule has 0 fully saturated rings. The van der Waals surface area contributed by atoms with Crippen LogP contribution in [0.15, 0.2) is 24.9 Å². The van der Waals surface area contributed by atoms with E-state index in [4.69, 9.17) is 0 Å². The topological polar surface area (TPSA) is 42.2 Å². The fourth-order valence-electron chi connectivity index (χ4n) is 1.03. The summed E-state index contributed by atoms with van der Waals surface area (Å²) in [5, 5.41) is 2.98. The summed E-state index contributed by atoms with van der Waals surface area (Å²) in [5.74, 6) is 0.859. The zero-order valence-electron chi connectivity index (χ0n) is 6.15. The average Bonchev–Trinajstić information content (AvgIpc) is 2.47. The Morgan fingerprint density at radius 1 is 1.55 bits per heavy atom. The van der Waals surface area contributed by atoms with Crippen molar-refractivity contribution in [3.05, 3.63) is 24.9 Å². The van der Waals surface area contributed by atoms with Crippen molar-refractivity contribution in [1.82, 2.24) is 14.4 Å². The molecule has 0 radical (unpaired) electrons. The molecular formula is C7H8N4. The minimum Gasteiger partial charge on any atom is -0.371 e. The van der Waals surface area contributed by atoms with E-state index in [-0.39, 0.29) is 0 Å². The number of fused-ring (bicyclic) bond motifs is 1. The van der Waals surface area contributed by atoms with Gasteiger partial charge in [-0.3, -0.25) is 4.98 Å². The smallest absolute Gasteiger partial charge is 0.153 e. The predicted octanol–water partition coefficient (Wildman–Crippen LogP) is 0.771. The van der Waals surface area contributed by atoms with Crippen molar-refractivity contribution in [1.29, 1.82) is 0 Å². The maximum absolute atomic E-state index is 4.13. The molecule has 0 aliphatic heterocycles. The van der Waals surface area contributed by atoms with Crippen LogP contribution >= 0.6 is 0 Å². The Labute approximate surface area is 63.9 Å². The lowest BCUT2D eigenvalue weighted by Crippen LogP contribution is -1.89. The van der Waals surface area contributed by atoms with E-state index in [1.165, 1.54) is 0 Å². The van der Waals surface area contributed by atoms with Gasteiger partial charge in [0, 0.05) is 19.4 Å². The Morgan fingerprint density at radius 2 is 2.45 bits per heavy atom. The molecule has 0 saturated carbocycles. The fourth-order valence-corrected chi connectivity index (χ4v) is 1.03. The van der Waals surface area contributed by atoms with Gasteiger partial charge in [-0.25, -0.2) is 4.98 Å². The molecule has 0 unspecified atom stereocenters. The predicted molar refractivity (Wildman–Crippen MR) is 42.5 cm³/mol. The fraction of sp³-hybridized carbons (Fsp3) is 0.143. The molecule has 56 valence electrons. The molecule has 0 aliphatic rings. The third kappa shape index (κ3) is 0.832. The molecule has 0 saturated heterocycles. The van der Waals surface area contributed by atoms with Crippen molar-refractivity contribution in [2.24, 2.45) is 0 Å². The SMILES string of the molecule is CNc1ncn2ccncc12. The number of nitrogens with one attached hydrogen (secondary N) is 1. The molecule has 0 aliphatic carbocycles. The van der Waals surface area contributed by atoms with Crippen LogP contribution in [0.25, 0.3) is 5.52 Å². The monoisotopic (exact) mass is 148 g/mol. The zero-order chi connectivity index (χ0) is 7.68. The van der Waals surface area contributed by atoms with Crippen LogP contribution in [0, 0.1) is 0 Å². The number of hydrogen-bond acceptors (Lipinski definition) is 3. The maximum Gasteiger partial charge on any atom is 0.153 e. The summed E-state index contributed by atoms with van der Waals surface area (Å²) in [6, 6.07) is 0.